The molecule has 0 bridgehead atoms. The Morgan fingerprint density at radius 3 is 2.52 bits per heavy atom. The van der Waals surface area contributed by atoms with Gasteiger partial charge in [0.1, 0.15) is 22.4 Å². The highest BCUT2D eigenvalue weighted by Gasteiger charge is 2.30. The lowest BCUT2D eigenvalue weighted by Crippen LogP contribution is -2.57. The van der Waals surface area contributed by atoms with Crippen LogP contribution < -0.4 is 16.4 Å². The zero-order chi connectivity index (χ0) is 32.7. The van der Waals surface area contributed by atoms with Gasteiger partial charge in [0.2, 0.25) is 5.95 Å². The Hall–Kier alpha value is -3.44. The summed E-state index contributed by atoms with van der Waals surface area (Å²) in [6, 6.07) is 11.7. The van der Waals surface area contributed by atoms with Crippen LogP contribution in [0, 0.1) is 18.3 Å². The number of nitrogen functional groups attached to an aromatic ring is 1. The Morgan fingerprint density at radius 1 is 1.13 bits per heavy atom. The number of aryl methyl sites for hydroxylation is 1. The number of thiophene rings is 1. The molecule has 0 unspecified atom stereocenters. The highest BCUT2D eigenvalue weighted by Crippen LogP contribution is 2.34. The molecule has 0 amide bonds. The normalized spacial score (nSPS) is 21.2. The molecule has 0 radical (unpaired) electrons. The minimum absolute atomic E-state index is 0.0505. The van der Waals surface area contributed by atoms with Crippen LogP contribution >= 0.6 is 11.3 Å². The van der Waals surface area contributed by atoms with Gasteiger partial charge in [0.15, 0.2) is 0 Å². The van der Waals surface area contributed by atoms with Crippen LogP contribution in [0.2, 0.25) is 0 Å². The molecule has 0 saturated carbocycles. The number of nitrogens with one attached hydrogen (secondary N) is 2. The molecule has 5 heterocycles. The van der Waals surface area contributed by atoms with Crippen molar-refractivity contribution in [2.24, 2.45) is 0 Å². The van der Waals surface area contributed by atoms with E-state index in [0.29, 0.717) is 39.9 Å². The summed E-state index contributed by atoms with van der Waals surface area (Å²) >= 11 is 1.01. The van der Waals surface area contributed by atoms with Crippen molar-refractivity contribution in [3.8, 4) is 6.07 Å². The number of fused-ring (bicyclic) bond motifs is 2. The van der Waals surface area contributed by atoms with Crippen molar-refractivity contribution in [2.75, 3.05) is 37.2 Å². The first kappa shape index (κ1) is 32.5. The van der Waals surface area contributed by atoms with E-state index in [2.05, 4.69) is 80.9 Å². The fraction of sp³-hybridized carbons (Fsp3) is 0.545. The minimum Gasteiger partial charge on any atom is -0.368 e. The summed E-state index contributed by atoms with van der Waals surface area (Å²) in [5.41, 5.74) is 10.2. The molecular weight excluding hydrogens is 611 g/mol. The Balaban J connectivity index is 1.11. The molecule has 2 aliphatic rings. The highest BCUT2D eigenvalue weighted by atomic mass is 32.1. The standard InChI is InChI=1S/C33H42F3N9S/c1-19-15-44(16-20(2)39-19)21(3)17-45-25(14-37)11-27-22(4)23(5-6-29(27)45)18-43-9-7-24(8-10-43)40-30-28-12-26(13-33(34,35)36)46-31(28)42-32(38)41-30/h5-6,11-12,19-21,24,39H,7-10,13,15-18H2,1-4H3,(H3,38,40,41,42)/t19-,20-,21-/m1/s1. The van der Waals surface area contributed by atoms with E-state index in [1.807, 2.05) is 6.07 Å². The first-order valence-electron chi connectivity index (χ1n) is 16.0. The van der Waals surface area contributed by atoms with Crippen molar-refractivity contribution < 1.29 is 13.2 Å². The summed E-state index contributed by atoms with van der Waals surface area (Å²) in [6.45, 7) is 14.2. The smallest absolute Gasteiger partial charge is 0.368 e. The monoisotopic (exact) mass is 653 g/mol. The molecule has 9 nitrogen and oxygen atoms in total. The molecule has 46 heavy (non-hydrogen) atoms. The van der Waals surface area contributed by atoms with Gasteiger partial charge in [-0.25, -0.2) is 4.98 Å². The SMILES string of the molecule is Cc1c(CN2CCC(Nc3nc(N)nc4sc(CC(F)(F)F)cc34)CC2)ccc2c1cc(C#N)n2C[C@@H](C)N1C[C@@H](C)N[C@H](C)C1. The van der Waals surface area contributed by atoms with E-state index in [0.717, 1.165) is 74.3 Å². The number of rotatable bonds is 8. The van der Waals surface area contributed by atoms with Gasteiger partial charge in [-0.3, -0.25) is 9.80 Å². The number of aromatic nitrogens is 3. The maximum atomic E-state index is 13.0. The van der Waals surface area contributed by atoms with Gasteiger partial charge in [-0.1, -0.05) is 6.07 Å². The molecule has 2 saturated heterocycles. The van der Waals surface area contributed by atoms with Crippen molar-refractivity contribution >= 4 is 44.2 Å². The summed E-state index contributed by atoms with van der Waals surface area (Å²) in [4.78, 5) is 14.1. The number of hydrogen-bond donors (Lipinski definition) is 3. The third-order valence-electron chi connectivity index (χ3n) is 9.40. The second-order valence-corrected chi connectivity index (χ2v) is 14.3. The Morgan fingerprint density at radius 2 is 1.85 bits per heavy atom. The predicted octanol–water partition coefficient (Wildman–Crippen LogP) is 5.66. The summed E-state index contributed by atoms with van der Waals surface area (Å²) in [5, 5.41) is 18.8. The van der Waals surface area contributed by atoms with E-state index in [-0.39, 0.29) is 16.9 Å². The number of benzene rings is 1. The quantitative estimate of drug-likeness (QED) is 0.224. The van der Waals surface area contributed by atoms with E-state index in [9.17, 15) is 18.4 Å². The number of hydrogen-bond acceptors (Lipinski definition) is 9. The molecule has 2 fully saturated rings. The lowest BCUT2D eigenvalue weighted by Gasteiger charge is -2.40. The van der Waals surface area contributed by atoms with E-state index < -0.39 is 12.6 Å². The van der Waals surface area contributed by atoms with Crippen molar-refractivity contribution in [1.82, 2.24) is 29.7 Å². The van der Waals surface area contributed by atoms with Gasteiger partial charge in [-0.05, 0) is 69.9 Å². The Bertz CT molecular complexity index is 1740. The third kappa shape index (κ3) is 7.10. The molecule has 246 valence electrons. The van der Waals surface area contributed by atoms with E-state index in [1.165, 1.54) is 17.2 Å². The molecule has 13 heteroatoms. The molecule has 2 aliphatic heterocycles. The number of piperazine rings is 1. The summed E-state index contributed by atoms with van der Waals surface area (Å²) in [5.74, 6) is 0.551. The number of nitrogens with two attached hydrogens (primary N) is 1. The molecule has 3 aromatic heterocycles. The zero-order valence-corrected chi connectivity index (χ0v) is 27.6. The number of nitrogens with zero attached hydrogens (tertiary/aromatic N) is 6. The number of piperidine rings is 1. The van der Waals surface area contributed by atoms with Gasteiger partial charge in [-0.2, -0.15) is 23.4 Å². The topological polar surface area (TPSA) is 111 Å². The zero-order valence-electron chi connectivity index (χ0n) is 26.8. The fourth-order valence-corrected chi connectivity index (χ4v) is 8.21. The molecule has 0 aliphatic carbocycles. The average molecular weight is 654 g/mol. The van der Waals surface area contributed by atoms with Crippen LogP contribution in [-0.4, -0.2) is 80.9 Å². The maximum Gasteiger partial charge on any atom is 0.393 e. The van der Waals surface area contributed by atoms with Crippen molar-refractivity contribution in [3.63, 3.8) is 0 Å². The van der Waals surface area contributed by atoms with E-state index in [4.69, 9.17) is 5.73 Å². The number of nitriles is 1. The first-order chi connectivity index (χ1) is 21.9. The molecular formula is C33H42F3N9S. The molecule has 4 N–H and O–H groups in total. The van der Waals surface area contributed by atoms with Gasteiger partial charge >= 0.3 is 6.18 Å². The van der Waals surface area contributed by atoms with Gasteiger partial charge < -0.3 is 20.9 Å². The molecule has 1 aromatic carbocycles. The van der Waals surface area contributed by atoms with Gasteiger partial charge in [0.25, 0.3) is 0 Å². The number of anilines is 2. The Labute approximate surface area is 271 Å². The minimum atomic E-state index is -4.29. The summed E-state index contributed by atoms with van der Waals surface area (Å²) in [7, 11) is 0. The van der Waals surface area contributed by atoms with Crippen molar-refractivity contribution in [1.29, 1.82) is 5.26 Å². The fourth-order valence-electron chi connectivity index (χ4n) is 7.14. The van der Waals surface area contributed by atoms with Crippen LogP contribution in [0.4, 0.5) is 24.9 Å². The van der Waals surface area contributed by atoms with Crippen molar-refractivity contribution in [3.05, 3.63) is 46.0 Å². The third-order valence-corrected chi connectivity index (χ3v) is 10.4. The number of alkyl halides is 3. The average Bonchev–Trinajstić information content (AvgIpc) is 3.54. The number of halogens is 3. The second-order valence-electron chi connectivity index (χ2n) is 13.2. The van der Waals surface area contributed by atoms with Gasteiger partial charge in [0, 0.05) is 79.2 Å². The molecule has 0 spiro atoms. The lowest BCUT2D eigenvalue weighted by atomic mass is 10.0. The molecule has 4 aromatic rings. The van der Waals surface area contributed by atoms with Gasteiger partial charge in [-0.15, -0.1) is 11.3 Å². The van der Waals surface area contributed by atoms with Crippen LogP contribution in [0.3, 0.4) is 0 Å². The van der Waals surface area contributed by atoms with Crippen LogP contribution in [0.25, 0.3) is 21.1 Å². The number of likely N-dealkylation sites (tertiary alicyclic amines) is 1. The van der Waals surface area contributed by atoms with Crippen LogP contribution in [-0.2, 0) is 19.5 Å². The van der Waals surface area contributed by atoms with Gasteiger partial charge in [0.05, 0.1) is 11.8 Å². The van der Waals surface area contributed by atoms with E-state index >= 15 is 0 Å². The highest BCUT2D eigenvalue weighted by molar-refractivity contribution is 7.18. The molecule has 6 rings (SSSR count). The van der Waals surface area contributed by atoms with Crippen molar-refractivity contribution in [2.45, 2.75) is 90.4 Å². The largest absolute Gasteiger partial charge is 0.393 e. The lowest BCUT2D eigenvalue weighted by molar-refractivity contribution is -0.126. The van der Waals surface area contributed by atoms with Crippen LogP contribution in [0.15, 0.2) is 24.3 Å². The summed E-state index contributed by atoms with van der Waals surface area (Å²) < 4.78 is 41.2. The predicted molar refractivity (Wildman–Crippen MR) is 178 cm³/mol. The Kier molecular flexibility index (Phi) is 9.17. The van der Waals surface area contributed by atoms with E-state index in [1.54, 1.807) is 0 Å². The summed E-state index contributed by atoms with van der Waals surface area (Å²) in [6.07, 6.45) is -3.55. The van der Waals surface area contributed by atoms with Crippen LogP contribution in [0.1, 0.15) is 55.3 Å². The second kappa shape index (κ2) is 13.0. The molecule has 3 atom stereocenters. The maximum absolute atomic E-state index is 13.0. The first-order valence-corrected chi connectivity index (χ1v) is 16.8. The van der Waals surface area contributed by atoms with Crippen LogP contribution in [0.5, 0.6) is 0 Å².